The number of rotatable bonds is 5. The van der Waals surface area contributed by atoms with E-state index in [1.807, 2.05) is 49.1 Å². The van der Waals surface area contributed by atoms with Crippen LogP contribution in [-0.4, -0.2) is 27.2 Å². The molecule has 0 aliphatic heterocycles. The molecule has 0 atom stereocenters. The Bertz CT molecular complexity index is 1270. The van der Waals surface area contributed by atoms with Gasteiger partial charge in [0.2, 0.25) is 5.95 Å². The van der Waals surface area contributed by atoms with Crippen molar-refractivity contribution in [2.45, 2.75) is 13.8 Å². The molecule has 148 valence electrons. The van der Waals surface area contributed by atoms with Gasteiger partial charge in [-0.2, -0.15) is 4.98 Å². The fourth-order valence-corrected chi connectivity index (χ4v) is 4.60. The third-order valence-electron chi connectivity index (χ3n) is 4.74. The molecule has 0 saturated carbocycles. The third kappa shape index (κ3) is 3.38. The van der Waals surface area contributed by atoms with Crippen LogP contribution in [0.15, 0.2) is 59.4 Å². The lowest BCUT2D eigenvalue weighted by Gasteiger charge is -2.23. The second kappa shape index (κ2) is 7.88. The SMILES string of the molecule is CCN(CC)c1nc2c(sc(=S)n2-c2ccc(F)cc2)c(=O)n1-c1ccccc1. The molecule has 0 bridgehead atoms. The number of benzene rings is 2. The van der Waals surface area contributed by atoms with Crippen LogP contribution in [0, 0.1) is 9.77 Å². The lowest BCUT2D eigenvalue weighted by atomic mass is 10.3. The van der Waals surface area contributed by atoms with E-state index in [2.05, 4.69) is 0 Å². The fourth-order valence-electron chi connectivity index (χ4n) is 3.29. The van der Waals surface area contributed by atoms with Crippen LogP contribution in [0.2, 0.25) is 0 Å². The third-order valence-corrected chi connectivity index (χ3v) is 6.09. The standard InChI is InChI=1S/C21H19FN4OS2/c1-3-24(4-2)20-23-18-17(19(27)26(20)15-8-6-5-7-9-15)29-21(28)25(18)16-12-10-14(22)11-13-16/h5-13H,3-4H2,1-2H3. The van der Waals surface area contributed by atoms with E-state index in [1.165, 1.54) is 23.5 Å². The van der Waals surface area contributed by atoms with Crippen LogP contribution in [0.3, 0.4) is 0 Å². The van der Waals surface area contributed by atoms with E-state index >= 15 is 0 Å². The van der Waals surface area contributed by atoms with E-state index in [-0.39, 0.29) is 11.4 Å². The van der Waals surface area contributed by atoms with Crippen molar-refractivity contribution in [1.82, 2.24) is 14.1 Å². The molecule has 0 fully saturated rings. The van der Waals surface area contributed by atoms with Gasteiger partial charge in [0.15, 0.2) is 9.60 Å². The lowest BCUT2D eigenvalue weighted by molar-refractivity contribution is 0.627. The molecular formula is C21H19FN4OS2. The number of thiazole rings is 1. The second-order valence-corrected chi connectivity index (χ2v) is 8.04. The highest BCUT2D eigenvalue weighted by atomic mass is 32.1. The number of para-hydroxylation sites is 1. The van der Waals surface area contributed by atoms with Gasteiger partial charge in [0, 0.05) is 18.8 Å². The summed E-state index contributed by atoms with van der Waals surface area (Å²) in [5.41, 5.74) is 1.75. The molecule has 0 unspecified atom stereocenters. The number of anilines is 1. The molecule has 0 amide bonds. The molecule has 0 N–H and O–H groups in total. The van der Waals surface area contributed by atoms with Gasteiger partial charge in [-0.15, -0.1) is 0 Å². The first-order valence-corrected chi connectivity index (χ1v) is 10.5. The van der Waals surface area contributed by atoms with Crippen LogP contribution < -0.4 is 10.5 Å². The van der Waals surface area contributed by atoms with Crippen molar-refractivity contribution >= 4 is 39.9 Å². The van der Waals surface area contributed by atoms with Crippen molar-refractivity contribution in [3.05, 3.63) is 74.7 Å². The molecule has 0 aliphatic carbocycles. The summed E-state index contributed by atoms with van der Waals surface area (Å²) in [6.07, 6.45) is 0. The minimum absolute atomic E-state index is 0.167. The zero-order chi connectivity index (χ0) is 20.5. The first-order chi connectivity index (χ1) is 14.0. The van der Waals surface area contributed by atoms with Gasteiger partial charge in [0.1, 0.15) is 10.5 Å². The lowest BCUT2D eigenvalue weighted by Crippen LogP contribution is -2.32. The molecule has 0 radical (unpaired) electrons. The highest BCUT2D eigenvalue weighted by Crippen LogP contribution is 2.27. The number of hydrogen-bond donors (Lipinski definition) is 0. The van der Waals surface area contributed by atoms with Crippen LogP contribution in [0.1, 0.15) is 13.8 Å². The Kier molecular flexibility index (Phi) is 5.29. The van der Waals surface area contributed by atoms with Gasteiger partial charge in [-0.05, 0) is 62.5 Å². The van der Waals surface area contributed by atoms with Gasteiger partial charge >= 0.3 is 0 Å². The molecule has 2 aromatic heterocycles. The largest absolute Gasteiger partial charge is 0.342 e. The van der Waals surface area contributed by atoms with Crippen molar-refractivity contribution in [2.75, 3.05) is 18.0 Å². The molecule has 29 heavy (non-hydrogen) atoms. The molecule has 8 heteroatoms. The number of halogens is 1. The Hall–Kier alpha value is -2.84. The maximum Gasteiger partial charge on any atom is 0.279 e. The van der Waals surface area contributed by atoms with Crippen LogP contribution in [-0.2, 0) is 0 Å². The van der Waals surface area contributed by atoms with E-state index in [1.54, 1.807) is 21.3 Å². The summed E-state index contributed by atoms with van der Waals surface area (Å²) in [6.45, 7) is 5.44. The zero-order valence-corrected chi connectivity index (χ0v) is 17.6. The Morgan fingerprint density at radius 3 is 2.24 bits per heavy atom. The van der Waals surface area contributed by atoms with E-state index in [0.717, 1.165) is 5.69 Å². The van der Waals surface area contributed by atoms with E-state index < -0.39 is 0 Å². The van der Waals surface area contributed by atoms with Crippen LogP contribution in [0.25, 0.3) is 21.7 Å². The van der Waals surface area contributed by atoms with Gasteiger partial charge in [-0.1, -0.05) is 29.5 Å². The molecule has 2 heterocycles. The van der Waals surface area contributed by atoms with Crippen molar-refractivity contribution in [3.63, 3.8) is 0 Å². The van der Waals surface area contributed by atoms with Gasteiger partial charge in [-0.3, -0.25) is 9.36 Å². The molecule has 5 nitrogen and oxygen atoms in total. The molecule has 0 saturated heterocycles. The Balaban J connectivity index is 2.09. The molecule has 4 aromatic rings. The monoisotopic (exact) mass is 426 g/mol. The van der Waals surface area contributed by atoms with Crippen LogP contribution >= 0.6 is 23.6 Å². The summed E-state index contributed by atoms with van der Waals surface area (Å²) in [6, 6.07) is 15.5. The molecule has 0 spiro atoms. The molecular weight excluding hydrogens is 407 g/mol. The molecule has 0 aliphatic rings. The van der Waals surface area contributed by atoms with Crippen molar-refractivity contribution < 1.29 is 4.39 Å². The minimum atomic E-state index is -0.331. The predicted molar refractivity (Wildman–Crippen MR) is 119 cm³/mol. The van der Waals surface area contributed by atoms with Gasteiger partial charge < -0.3 is 4.90 Å². The summed E-state index contributed by atoms with van der Waals surface area (Å²) in [5, 5.41) is 0. The minimum Gasteiger partial charge on any atom is -0.342 e. The first-order valence-electron chi connectivity index (χ1n) is 9.30. The van der Waals surface area contributed by atoms with Crippen molar-refractivity contribution in [3.8, 4) is 11.4 Å². The average molecular weight is 427 g/mol. The Morgan fingerprint density at radius 2 is 1.62 bits per heavy atom. The summed E-state index contributed by atoms with van der Waals surface area (Å²) >= 11 is 6.76. The maximum atomic E-state index is 13.5. The van der Waals surface area contributed by atoms with Gasteiger partial charge in [0.25, 0.3) is 5.56 Å². The van der Waals surface area contributed by atoms with Gasteiger partial charge in [-0.25, -0.2) is 8.96 Å². The van der Waals surface area contributed by atoms with Crippen LogP contribution in [0.4, 0.5) is 10.3 Å². The predicted octanol–water partition coefficient (Wildman–Crippen LogP) is 4.95. The number of hydrogen-bond acceptors (Lipinski definition) is 5. The van der Waals surface area contributed by atoms with E-state index in [0.29, 0.717) is 39.0 Å². The van der Waals surface area contributed by atoms with Crippen LogP contribution in [0.5, 0.6) is 0 Å². The fraction of sp³-hybridized carbons (Fsp3) is 0.190. The summed E-state index contributed by atoms with van der Waals surface area (Å²) in [4.78, 5) is 20.4. The summed E-state index contributed by atoms with van der Waals surface area (Å²) in [7, 11) is 0. The Labute approximate surface area is 176 Å². The number of fused-ring (bicyclic) bond motifs is 1. The maximum absolute atomic E-state index is 13.5. The summed E-state index contributed by atoms with van der Waals surface area (Å²) in [5.74, 6) is 0.227. The highest BCUT2D eigenvalue weighted by molar-refractivity contribution is 7.73. The van der Waals surface area contributed by atoms with E-state index in [4.69, 9.17) is 17.2 Å². The zero-order valence-electron chi connectivity index (χ0n) is 16.0. The average Bonchev–Trinajstić information content (AvgIpc) is 3.07. The summed E-state index contributed by atoms with van der Waals surface area (Å²) < 4.78 is 17.7. The molecule has 4 rings (SSSR count). The highest BCUT2D eigenvalue weighted by Gasteiger charge is 2.21. The number of nitrogens with zero attached hydrogens (tertiary/aromatic N) is 4. The Morgan fingerprint density at radius 1 is 1.00 bits per heavy atom. The first kappa shape index (κ1) is 19.5. The number of aromatic nitrogens is 3. The quantitative estimate of drug-likeness (QED) is 0.424. The van der Waals surface area contributed by atoms with E-state index in [9.17, 15) is 9.18 Å². The van der Waals surface area contributed by atoms with Crippen molar-refractivity contribution in [1.29, 1.82) is 0 Å². The second-order valence-electron chi connectivity index (χ2n) is 6.39. The van der Waals surface area contributed by atoms with Gasteiger partial charge in [0.05, 0.1) is 5.69 Å². The smallest absolute Gasteiger partial charge is 0.279 e. The van der Waals surface area contributed by atoms with Crippen molar-refractivity contribution in [2.24, 2.45) is 0 Å². The normalized spacial score (nSPS) is 11.1. The topological polar surface area (TPSA) is 43.1 Å². The molecule has 2 aromatic carbocycles.